The fourth-order valence-electron chi connectivity index (χ4n) is 1.89. The van der Waals surface area contributed by atoms with Gasteiger partial charge in [0.1, 0.15) is 0 Å². The number of hydrogen-bond donors (Lipinski definition) is 2. The van der Waals surface area contributed by atoms with Gasteiger partial charge in [-0.25, -0.2) is 0 Å². The van der Waals surface area contributed by atoms with E-state index in [1.54, 1.807) is 11.3 Å². The standard InChI is InChI=1S/C15H20N2S/c16-14(9-8-13-5-2-1-3-6-13)11-17-12-15-7-4-10-18-15/h1-7,10,14,17H,8-9,11-12,16H2/t14-/m0/s1. The largest absolute Gasteiger partial charge is 0.327 e. The van der Waals surface area contributed by atoms with Gasteiger partial charge in [0.05, 0.1) is 0 Å². The Morgan fingerprint density at radius 2 is 1.94 bits per heavy atom. The summed E-state index contributed by atoms with van der Waals surface area (Å²) in [6.07, 6.45) is 2.09. The van der Waals surface area contributed by atoms with E-state index in [-0.39, 0.29) is 6.04 Å². The molecule has 0 saturated heterocycles. The normalized spacial score (nSPS) is 12.5. The molecule has 0 aliphatic heterocycles. The van der Waals surface area contributed by atoms with Crippen molar-refractivity contribution in [1.82, 2.24) is 5.32 Å². The molecule has 2 aromatic rings. The summed E-state index contributed by atoms with van der Waals surface area (Å²) >= 11 is 1.78. The Morgan fingerprint density at radius 3 is 2.67 bits per heavy atom. The van der Waals surface area contributed by atoms with Crippen molar-refractivity contribution in [2.24, 2.45) is 5.73 Å². The lowest BCUT2D eigenvalue weighted by atomic mass is 10.1. The average molecular weight is 260 g/mol. The van der Waals surface area contributed by atoms with E-state index in [4.69, 9.17) is 5.73 Å². The van der Waals surface area contributed by atoms with E-state index in [1.165, 1.54) is 10.4 Å². The highest BCUT2D eigenvalue weighted by Gasteiger charge is 2.03. The molecule has 0 aliphatic rings. The molecule has 3 heteroatoms. The van der Waals surface area contributed by atoms with E-state index in [2.05, 4.69) is 47.1 Å². The lowest BCUT2D eigenvalue weighted by Crippen LogP contribution is -2.33. The molecule has 0 amide bonds. The first-order chi connectivity index (χ1) is 8.84. The summed E-state index contributed by atoms with van der Waals surface area (Å²) in [7, 11) is 0. The van der Waals surface area contributed by atoms with Crippen molar-refractivity contribution < 1.29 is 0 Å². The molecule has 1 heterocycles. The Hall–Kier alpha value is -1.16. The van der Waals surface area contributed by atoms with Gasteiger partial charge in [0.15, 0.2) is 0 Å². The predicted octanol–water partition coefficient (Wildman–Crippen LogP) is 2.80. The first-order valence-corrected chi connectivity index (χ1v) is 7.25. The molecule has 0 radical (unpaired) electrons. The minimum Gasteiger partial charge on any atom is -0.327 e. The van der Waals surface area contributed by atoms with Gasteiger partial charge in [-0.15, -0.1) is 11.3 Å². The Bertz CT molecular complexity index is 425. The van der Waals surface area contributed by atoms with Gasteiger partial charge in [-0.3, -0.25) is 0 Å². The van der Waals surface area contributed by atoms with Gasteiger partial charge in [-0.05, 0) is 29.9 Å². The number of rotatable bonds is 7. The van der Waals surface area contributed by atoms with Crippen LogP contribution in [0.2, 0.25) is 0 Å². The maximum atomic E-state index is 6.10. The van der Waals surface area contributed by atoms with Crippen LogP contribution in [0.5, 0.6) is 0 Å². The second-order valence-electron chi connectivity index (χ2n) is 4.49. The van der Waals surface area contributed by atoms with Crippen molar-refractivity contribution in [3.05, 3.63) is 58.3 Å². The Balaban J connectivity index is 1.62. The van der Waals surface area contributed by atoms with Crippen LogP contribution in [0.1, 0.15) is 16.9 Å². The second kappa shape index (κ2) is 7.31. The molecule has 18 heavy (non-hydrogen) atoms. The summed E-state index contributed by atoms with van der Waals surface area (Å²) < 4.78 is 0. The highest BCUT2D eigenvalue weighted by Crippen LogP contribution is 2.07. The quantitative estimate of drug-likeness (QED) is 0.803. The summed E-state index contributed by atoms with van der Waals surface area (Å²) in [6.45, 7) is 1.81. The SMILES string of the molecule is N[C@@H](CCc1ccccc1)CNCc1cccs1. The van der Waals surface area contributed by atoms with Crippen LogP contribution in [0.3, 0.4) is 0 Å². The molecule has 1 aromatic carbocycles. The number of hydrogen-bond acceptors (Lipinski definition) is 3. The smallest absolute Gasteiger partial charge is 0.0300 e. The van der Waals surface area contributed by atoms with Crippen LogP contribution in [0.4, 0.5) is 0 Å². The van der Waals surface area contributed by atoms with E-state index >= 15 is 0 Å². The molecule has 0 saturated carbocycles. The maximum Gasteiger partial charge on any atom is 0.0300 e. The highest BCUT2D eigenvalue weighted by molar-refractivity contribution is 7.09. The van der Waals surface area contributed by atoms with Crippen LogP contribution < -0.4 is 11.1 Å². The summed E-state index contributed by atoms with van der Waals surface area (Å²) in [6, 6.07) is 15.0. The summed E-state index contributed by atoms with van der Waals surface area (Å²) in [5, 5.41) is 5.51. The summed E-state index contributed by atoms with van der Waals surface area (Å²) in [4.78, 5) is 1.37. The van der Waals surface area contributed by atoms with Gasteiger partial charge in [-0.1, -0.05) is 36.4 Å². The second-order valence-corrected chi connectivity index (χ2v) is 5.53. The zero-order valence-electron chi connectivity index (χ0n) is 10.5. The first-order valence-electron chi connectivity index (χ1n) is 6.37. The molecule has 1 atom stereocenters. The van der Waals surface area contributed by atoms with E-state index < -0.39 is 0 Å². The lowest BCUT2D eigenvalue weighted by molar-refractivity contribution is 0.546. The molecule has 0 spiro atoms. The van der Waals surface area contributed by atoms with Gasteiger partial charge >= 0.3 is 0 Å². The van der Waals surface area contributed by atoms with Gasteiger partial charge in [0.2, 0.25) is 0 Å². The average Bonchev–Trinajstić information content (AvgIpc) is 2.91. The third kappa shape index (κ3) is 4.61. The summed E-state index contributed by atoms with van der Waals surface area (Å²) in [5.74, 6) is 0. The van der Waals surface area contributed by atoms with Gasteiger partial charge in [0.25, 0.3) is 0 Å². The molecular formula is C15H20N2S. The van der Waals surface area contributed by atoms with Crippen LogP contribution in [0.25, 0.3) is 0 Å². The van der Waals surface area contributed by atoms with Crippen molar-refractivity contribution in [2.75, 3.05) is 6.54 Å². The molecule has 0 unspecified atom stereocenters. The fourth-order valence-corrected chi connectivity index (χ4v) is 2.57. The molecule has 0 aliphatic carbocycles. The Morgan fingerprint density at radius 1 is 1.11 bits per heavy atom. The van der Waals surface area contributed by atoms with Gasteiger partial charge < -0.3 is 11.1 Å². The number of nitrogens with one attached hydrogen (secondary N) is 1. The van der Waals surface area contributed by atoms with E-state index in [0.717, 1.165) is 25.9 Å². The fraction of sp³-hybridized carbons (Fsp3) is 0.333. The van der Waals surface area contributed by atoms with E-state index in [9.17, 15) is 0 Å². The van der Waals surface area contributed by atoms with Crippen LogP contribution in [-0.4, -0.2) is 12.6 Å². The zero-order chi connectivity index (χ0) is 12.6. The summed E-state index contributed by atoms with van der Waals surface area (Å²) in [5.41, 5.74) is 7.47. The van der Waals surface area contributed by atoms with E-state index in [1.807, 2.05) is 6.07 Å². The first kappa shape index (κ1) is 13.3. The monoisotopic (exact) mass is 260 g/mol. The third-order valence-electron chi connectivity index (χ3n) is 2.93. The van der Waals surface area contributed by atoms with Crippen LogP contribution >= 0.6 is 11.3 Å². The molecule has 96 valence electrons. The maximum absolute atomic E-state index is 6.10. The molecule has 1 aromatic heterocycles. The Kier molecular flexibility index (Phi) is 5.39. The molecular weight excluding hydrogens is 240 g/mol. The molecule has 0 fully saturated rings. The number of thiophene rings is 1. The van der Waals surface area contributed by atoms with Crippen LogP contribution in [-0.2, 0) is 13.0 Å². The Labute approximate surface area is 113 Å². The van der Waals surface area contributed by atoms with Crippen LogP contribution in [0.15, 0.2) is 47.8 Å². The third-order valence-corrected chi connectivity index (χ3v) is 3.81. The lowest BCUT2D eigenvalue weighted by Gasteiger charge is -2.12. The van der Waals surface area contributed by atoms with E-state index in [0.29, 0.717) is 0 Å². The van der Waals surface area contributed by atoms with Crippen molar-refractivity contribution >= 4 is 11.3 Å². The molecule has 2 rings (SSSR count). The number of aryl methyl sites for hydroxylation is 1. The predicted molar refractivity (Wildman–Crippen MR) is 78.8 cm³/mol. The zero-order valence-corrected chi connectivity index (χ0v) is 11.3. The van der Waals surface area contributed by atoms with Crippen LogP contribution in [0, 0.1) is 0 Å². The molecule has 3 N–H and O–H groups in total. The van der Waals surface area contributed by atoms with Gasteiger partial charge in [-0.2, -0.15) is 0 Å². The topological polar surface area (TPSA) is 38.0 Å². The highest BCUT2D eigenvalue weighted by atomic mass is 32.1. The number of nitrogens with two attached hydrogens (primary N) is 1. The molecule has 0 bridgehead atoms. The number of benzene rings is 1. The van der Waals surface area contributed by atoms with Crippen molar-refractivity contribution in [2.45, 2.75) is 25.4 Å². The minimum atomic E-state index is 0.227. The minimum absolute atomic E-state index is 0.227. The van der Waals surface area contributed by atoms with Crippen molar-refractivity contribution in [3.8, 4) is 0 Å². The molecule has 2 nitrogen and oxygen atoms in total. The van der Waals surface area contributed by atoms with Crippen molar-refractivity contribution in [1.29, 1.82) is 0 Å². The van der Waals surface area contributed by atoms with Crippen molar-refractivity contribution in [3.63, 3.8) is 0 Å². The van der Waals surface area contributed by atoms with Gasteiger partial charge in [0, 0.05) is 24.0 Å².